The van der Waals surface area contributed by atoms with E-state index in [1.165, 1.54) is 0 Å². The number of hydrogen-bond acceptors (Lipinski definition) is 4. The molecular formula is C19H30N2O4. The molecule has 0 saturated carbocycles. The van der Waals surface area contributed by atoms with Gasteiger partial charge in [0, 0.05) is 25.6 Å². The predicted octanol–water partition coefficient (Wildman–Crippen LogP) is 2.82. The van der Waals surface area contributed by atoms with E-state index in [2.05, 4.69) is 0 Å². The second-order valence-electron chi connectivity index (χ2n) is 6.62. The number of ether oxygens (including phenoxy) is 1. The van der Waals surface area contributed by atoms with Gasteiger partial charge in [-0.1, -0.05) is 13.8 Å². The lowest BCUT2D eigenvalue weighted by molar-refractivity contribution is -0.143. The molecule has 1 fully saturated rings. The molecular weight excluding hydrogens is 320 g/mol. The van der Waals surface area contributed by atoms with Crippen molar-refractivity contribution < 1.29 is 18.7 Å². The summed E-state index contributed by atoms with van der Waals surface area (Å²) >= 11 is 0. The highest BCUT2D eigenvalue weighted by atomic mass is 16.5. The molecule has 6 nitrogen and oxygen atoms in total. The molecule has 140 valence electrons. The van der Waals surface area contributed by atoms with Gasteiger partial charge in [-0.15, -0.1) is 0 Å². The lowest BCUT2D eigenvalue weighted by atomic mass is 10.2. The Hall–Kier alpha value is -1.82. The highest BCUT2D eigenvalue weighted by Gasteiger charge is 2.27. The van der Waals surface area contributed by atoms with Crippen LogP contribution in [-0.4, -0.2) is 53.5 Å². The van der Waals surface area contributed by atoms with Crippen LogP contribution in [0.2, 0.25) is 0 Å². The first-order valence-corrected chi connectivity index (χ1v) is 9.26. The van der Waals surface area contributed by atoms with Gasteiger partial charge in [-0.25, -0.2) is 0 Å². The highest BCUT2D eigenvalue weighted by Crippen LogP contribution is 2.16. The third kappa shape index (κ3) is 5.59. The number of amides is 2. The van der Waals surface area contributed by atoms with Gasteiger partial charge in [-0.3, -0.25) is 9.59 Å². The second-order valence-corrected chi connectivity index (χ2v) is 6.62. The largest absolute Gasteiger partial charge is 0.467 e. The highest BCUT2D eigenvalue weighted by molar-refractivity contribution is 5.85. The lowest BCUT2D eigenvalue weighted by Gasteiger charge is -2.31. The van der Waals surface area contributed by atoms with Crippen molar-refractivity contribution >= 4 is 11.8 Å². The first kappa shape index (κ1) is 19.5. The molecule has 6 heteroatoms. The monoisotopic (exact) mass is 350 g/mol. The summed E-state index contributed by atoms with van der Waals surface area (Å²) in [5, 5.41) is 0. The minimum atomic E-state index is -0.0611. The fourth-order valence-electron chi connectivity index (χ4n) is 3.04. The van der Waals surface area contributed by atoms with Crippen LogP contribution in [0.1, 0.15) is 52.2 Å². The van der Waals surface area contributed by atoms with Crippen molar-refractivity contribution in [1.82, 2.24) is 9.80 Å². The average molecular weight is 350 g/mol. The van der Waals surface area contributed by atoms with Crippen molar-refractivity contribution in [3.63, 3.8) is 0 Å². The predicted molar refractivity (Wildman–Crippen MR) is 94.9 cm³/mol. The molecule has 0 aliphatic carbocycles. The smallest absolute Gasteiger partial charge is 0.242 e. The van der Waals surface area contributed by atoms with Gasteiger partial charge in [-0.2, -0.15) is 0 Å². The molecule has 25 heavy (non-hydrogen) atoms. The van der Waals surface area contributed by atoms with E-state index in [9.17, 15) is 9.59 Å². The summed E-state index contributed by atoms with van der Waals surface area (Å²) in [5.41, 5.74) is 0. The van der Waals surface area contributed by atoms with Gasteiger partial charge < -0.3 is 19.0 Å². The quantitative estimate of drug-likeness (QED) is 0.687. The molecule has 1 aromatic rings. The SMILES string of the molecule is CCC(=O)N(CC(=O)N(Cc1ccco1)C[C@H]1CCCO1)[C@@H](C)CC. The van der Waals surface area contributed by atoms with Crippen LogP contribution in [0.5, 0.6) is 0 Å². The molecule has 0 unspecified atom stereocenters. The molecule has 0 N–H and O–H groups in total. The van der Waals surface area contributed by atoms with Gasteiger partial charge in [0.15, 0.2) is 0 Å². The molecule has 0 aromatic carbocycles. The molecule has 2 rings (SSSR count). The molecule has 2 amide bonds. The van der Waals surface area contributed by atoms with Crippen LogP contribution in [0.25, 0.3) is 0 Å². The van der Waals surface area contributed by atoms with Crippen molar-refractivity contribution in [2.24, 2.45) is 0 Å². The Morgan fingerprint density at radius 1 is 1.32 bits per heavy atom. The van der Waals surface area contributed by atoms with E-state index in [0.29, 0.717) is 19.5 Å². The van der Waals surface area contributed by atoms with Gasteiger partial charge in [0.25, 0.3) is 0 Å². The minimum Gasteiger partial charge on any atom is -0.467 e. The first-order valence-electron chi connectivity index (χ1n) is 9.26. The fourth-order valence-corrected chi connectivity index (χ4v) is 3.04. The number of nitrogens with zero attached hydrogens (tertiary/aromatic N) is 2. The van der Waals surface area contributed by atoms with Crippen LogP contribution in [0.3, 0.4) is 0 Å². The van der Waals surface area contributed by atoms with Gasteiger partial charge in [-0.05, 0) is 38.3 Å². The number of carbonyl (C=O) groups excluding carboxylic acids is 2. The van der Waals surface area contributed by atoms with E-state index >= 15 is 0 Å². The maximum absolute atomic E-state index is 12.9. The summed E-state index contributed by atoms with van der Waals surface area (Å²) in [5.74, 6) is 0.690. The van der Waals surface area contributed by atoms with E-state index in [1.54, 1.807) is 16.1 Å². The molecule has 0 bridgehead atoms. The summed E-state index contributed by atoms with van der Waals surface area (Å²) in [6.07, 6.45) is 4.89. The van der Waals surface area contributed by atoms with Crippen LogP contribution in [0, 0.1) is 0 Å². The molecule has 1 aromatic heterocycles. The number of hydrogen-bond donors (Lipinski definition) is 0. The first-order chi connectivity index (χ1) is 12.0. The Balaban J connectivity index is 2.07. The van der Waals surface area contributed by atoms with Crippen LogP contribution >= 0.6 is 0 Å². The van der Waals surface area contributed by atoms with Crippen molar-refractivity contribution in [2.45, 2.75) is 65.1 Å². The topological polar surface area (TPSA) is 63.0 Å². The molecule has 1 saturated heterocycles. The molecule has 0 spiro atoms. The minimum absolute atomic E-state index is 0.0118. The van der Waals surface area contributed by atoms with Gasteiger partial charge in [0.1, 0.15) is 12.3 Å². The molecule has 2 heterocycles. The van der Waals surface area contributed by atoms with Crippen molar-refractivity contribution in [1.29, 1.82) is 0 Å². The van der Waals surface area contributed by atoms with Crippen molar-refractivity contribution in [3.05, 3.63) is 24.2 Å². The van der Waals surface area contributed by atoms with Crippen LogP contribution in [-0.2, 0) is 20.9 Å². The van der Waals surface area contributed by atoms with Gasteiger partial charge in [0.2, 0.25) is 11.8 Å². The van der Waals surface area contributed by atoms with Crippen LogP contribution in [0.4, 0.5) is 0 Å². The standard InChI is InChI=1S/C19H30N2O4/c1-4-15(3)21(18(22)5-2)14-19(23)20(12-16-8-6-10-24-16)13-17-9-7-11-25-17/h6,8,10,15,17H,4-5,7,9,11-14H2,1-3H3/t15-,17+/m0/s1. The fraction of sp³-hybridized carbons (Fsp3) is 0.684. The van der Waals surface area contributed by atoms with Gasteiger partial charge >= 0.3 is 0 Å². The Labute approximate surface area is 150 Å². The third-order valence-electron chi connectivity index (χ3n) is 4.78. The number of carbonyl (C=O) groups is 2. The Morgan fingerprint density at radius 2 is 2.12 bits per heavy atom. The maximum atomic E-state index is 12.9. The Morgan fingerprint density at radius 3 is 2.68 bits per heavy atom. The van der Waals surface area contributed by atoms with E-state index in [1.807, 2.05) is 32.9 Å². The van der Waals surface area contributed by atoms with Crippen molar-refractivity contribution in [3.8, 4) is 0 Å². The summed E-state index contributed by atoms with van der Waals surface area (Å²) in [6.45, 7) is 7.63. The van der Waals surface area contributed by atoms with Gasteiger partial charge in [0.05, 0.1) is 18.9 Å². The third-order valence-corrected chi connectivity index (χ3v) is 4.78. The zero-order valence-corrected chi connectivity index (χ0v) is 15.6. The summed E-state index contributed by atoms with van der Waals surface area (Å²) in [4.78, 5) is 28.6. The average Bonchev–Trinajstić information content (AvgIpc) is 3.31. The zero-order valence-electron chi connectivity index (χ0n) is 15.6. The summed E-state index contributed by atoms with van der Waals surface area (Å²) in [6, 6.07) is 3.72. The normalized spacial score (nSPS) is 18.1. The van der Waals surface area contributed by atoms with E-state index < -0.39 is 0 Å². The molecule has 1 aliphatic rings. The zero-order chi connectivity index (χ0) is 18.2. The Kier molecular flexibility index (Phi) is 7.50. The van der Waals surface area contributed by atoms with Crippen LogP contribution < -0.4 is 0 Å². The number of rotatable bonds is 9. The summed E-state index contributed by atoms with van der Waals surface area (Å²) in [7, 11) is 0. The number of furan rings is 1. The molecule has 2 atom stereocenters. The Bertz CT molecular complexity index is 538. The second kappa shape index (κ2) is 9.61. The van der Waals surface area contributed by atoms with Crippen molar-refractivity contribution in [2.75, 3.05) is 19.7 Å². The van der Waals surface area contributed by atoms with E-state index in [-0.39, 0.29) is 30.5 Å². The molecule has 0 radical (unpaired) electrons. The van der Waals surface area contributed by atoms with Crippen LogP contribution in [0.15, 0.2) is 22.8 Å². The van der Waals surface area contributed by atoms with E-state index in [0.717, 1.165) is 31.6 Å². The lowest BCUT2D eigenvalue weighted by Crippen LogP contribution is -2.47. The summed E-state index contributed by atoms with van der Waals surface area (Å²) < 4.78 is 11.1. The van der Waals surface area contributed by atoms with E-state index in [4.69, 9.17) is 9.15 Å². The molecule has 1 aliphatic heterocycles. The maximum Gasteiger partial charge on any atom is 0.242 e.